The van der Waals surface area contributed by atoms with E-state index in [2.05, 4.69) is 5.32 Å². The van der Waals surface area contributed by atoms with Gasteiger partial charge in [-0.1, -0.05) is 6.08 Å². The molecule has 1 aliphatic rings. The molecule has 1 radical (unpaired) electrons. The summed E-state index contributed by atoms with van der Waals surface area (Å²) in [5.41, 5.74) is -1.54. The molecule has 0 bridgehead atoms. The molecule has 0 aliphatic carbocycles. The fraction of sp³-hybridized carbons (Fsp3) is 0.455. The number of nitrogens with one attached hydrogen (secondary N) is 1. The van der Waals surface area contributed by atoms with Gasteiger partial charge in [0.1, 0.15) is 0 Å². The second kappa shape index (κ2) is 7.53. The quantitative estimate of drug-likeness (QED) is 0.435. The SMILES string of the molecule is CCOC(=O)C1(C(=O)OCC)C=CC=CN1.[Na]. The van der Waals surface area contributed by atoms with Crippen molar-refractivity contribution in [3.63, 3.8) is 0 Å². The molecule has 17 heavy (non-hydrogen) atoms. The zero-order chi connectivity index (χ0) is 12.0. The molecule has 0 unspecified atom stereocenters. The molecule has 0 saturated carbocycles. The fourth-order valence-corrected chi connectivity index (χ4v) is 1.31. The van der Waals surface area contributed by atoms with Crippen LogP contribution in [-0.2, 0) is 19.1 Å². The summed E-state index contributed by atoms with van der Waals surface area (Å²) in [6, 6.07) is 0. The normalized spacial score (nSPS) is 15.4. The van der Waals surface area contributed by atoms with Crippen molar-refractivity contribution in [2.24, 2.45) is 0 Å². The first kappa shape index (κ1) is 16.2. The summed E-state index contributed by atoms with van der Waals surface area (Å²) in [6.07, 6.45) is 6.22. The molecule has 0 amide bonds. The van der Waals surface area contributed by atoms with Crippen molar-refractivity contribution in [1.82, 2.24) is 5.32 Å². The van der Waals surface area contributed by atoms with E-state index in [4.69, 9.17) is 9.47 Å². The smallest absolute Gasteiger partial charge is 0.347 e. The average molecular weight is 248 g/mol. The van der Waals surface area contributed by atoms with Crippen LogP contribution in [0.5, 0.6) is 0 Å². The van der Waals surface area contributed by atoms with Crippen LogP contribution in [0.2, 0.25) is 0 Å². The van der Waals surface area contributed by atoms with Crippen molar-refractivity contribution in [2.45, 2.75) is 19.4 Å². The molecule has 6 heteroatoms. The third kappa shape index (κ3) is 3.59. The Morgan fingerprint density at radius 1 is 1.12 bits per heavy atom. The maximum absolute atomic E-state index is 11.8. The van der Waals surface area contributed by atoms with Crippen LogP contribution in [0.3, 0.4) is 0 Å². The number of carbonyl (C=O) groups excluding carboxylic acids is 2. The second-order valence-corrected chi connectivity index (χ2v) is 3.11. The second-order valence-electron chi connectivity index (χ2n) is 3.11. The first-order valence-electron chi connectivity index (χ1n) is 5.14. The standard InChI is InChI=1S/C11H15NO4.Na/c1-3-15-9(13)11(10(14)16-4-2)7-5-6-8-12-11;/h5-8,12H,3-4H2,1-2H3;. The summed E-state index contributed by atoms with van der Waals surface area (Å²) in [5, 5.41) is 2.69. The fourth-order valence-electron chi connectivity index (χ4n) is 1.31. The molecule has 5 nitrogen and oxygen atoms in total. The first-order chi connectivity index (χ1) is 7.67. The van der Waals surface area contributed by atoms with Gasteiger partial charge < -0.3 is 14.8 Å². The zero-order valence-corrected chi connectivity index (χ0v) is 12.4. The summed E-state index contributed by atoms with van der Waals surface area (Å²) >= 11 is 0. The first-order valence-corrected chi connectivity index (χ1v) is 5.14. The summed E-state index contributed by atoms with van der Waals surface area (Å²) in [6.45, 7) is 3.77. The van der Waals surface area contributed by atoms with E-state index < -0.39 is 17.5 Å². The minimum absolute atomic E-state index is 0. The topological polar surface area (TPSA) is 64.6 Å². The maximum atomic E-state index is 11.8. The van der Waals surface area contributed by atoms with Crippen LogP contribution in [0.25, 0.3) is 0 Å². The van der Waals surface area contributed by atoms with Gasteiger partial charge in [-0.25, -0.2) is 9.59 Å². The number of dihydropyridines is 1. The van der Waals surface area contributed by atoms with Crippen LogP contribution in [0.4, 0.5) is 0 Å². The van der Waals surface area contributed by atoms with Crippen LogP contribution in [0.1, 0.15) is 13.8 Å². The molecular weight excluding hydrogens is 233 g/mol. The number of rotatable bonds is 4. The Balaban J connectivity index is 0.00000256. The van der Waals surface area contributed by atoms with Crippen molar-refractivity contribution in [2.75, 3.05) is 13.2 Å². The van der Waals surface area contributed by atoms with Crippen molar-refractivity contribution < 1.29 is 19.1 Å². The van der Waals surface area contributed by atoms with Crippen LogP contribution in [0, 0.1) is 0 Å². The minimum Gasteiger partial charge on any atom is -0.464 e. The molecule has 89 valence electrons. The van der Waals surface area contributed by atoms with Crippen LogP contribution in [0.15, 0.2) is 24.4 Å². The molecule has 0 spiro atoms. The van der Waals surface area contributed by atoms with E-state index in [9.17, 15) is 9.59 Å². The van der Waals surface area contributed by atoms with Gasteiger partial charge in [-0.3, -0.25) is 0 Å². The Morgan fingerprint density at radius 3 is 2.00 bits per heavy atom. The van der Waals surface area contributed by atoms with Gasteiger partial charge in [0.05, 0.1) is 13.2 Å². The number of esters is 2. The number of hydrogen-bond donors (Lipinski definition) is 1. The van der Waals surface area contributed by atoms with Crippen LogP contribution in [-0.4, -0.2) is 60.2 Å². The Hall–Kier alpha value is -0.780. The molecule has 1 heterocycles. The van der Waals surface area contributed by atoms with Gasteiger partial charge in [-0.05, 0) is 32.2 Å². The van der Waals surface area contributed by atoms with Crippen LogP contribution >= 0.6 is 0 Å². The Bertz CT molecular complexity index is 320. The molecule has 0 aromatic carbocycles. The number of hydrogen-bond acceptors (Lipinski definition) is 5. The van der Waals surface area contributed by atoms with E-state index in [1.165, 1.54) is 12.3 Å². The van der Waals surface area contributed by atoms with Gasteiger partial charge >= 0.3 is 11.9 Å². The monoisotopic (exact) mass is 248 g/mol. The predicted molar refractivity (Wildman–Crippen MR) is 63.2 cm³/mol. The summed E-state index contributed by atoms with van der Waals surface area (Å²) < 4.78 is 9.73. The summed E-state index contributed by atoms with van der Waals surface area (Å²) in [5.74, 6) is -1.32. The van der Waals surface area contributed by atoms with Crippen molar-refractivity contribution in [3.8, 4) is 0 Å². The molecule has 1 rings (SSSR count). The van der Waals surface area contributed by atoms with E-state index in [0.29, 0.717) is 0 Å². The van der Waals surface area contributed by atoms with Gasteiger partial charge in [-0.2, -0.15) is 0 Å². The van der Waals surface area contributed by atoms with E-state index >= 15 is 0 Å². The van der Waals surface area contributed by atoms with Crippen molar-refractivity contribution >= 4 is 41.5 Å². The van der Waals surface area contributed by atoms with Gasteiger partial charge in [0.2, 0.25) is 0 Å². The van der Waals surface area contributed by atoms with Crippen molar-refractivity contribution in [3.05, 3.63) is 24.4 Å². The van der Waals surface area contributed by atoms with Gasteiger partial charge in [0.25, 0.3) is 5.54 Å². The Labute approximate surface area is 123 Å². The van der Waals surface area contributed by atoms with E-state index in [-0.39, 0.29) is 42.8 Å². The molecule has 1 aliphatic heterocycles. The third-order valence-electron chi connectivity index (χ3n) is 2.06. The van der Waals surface area contributed by atoms with E-state index in [1.807, 2.05) is 0 Å². The molecule has 0 atom stereocenters. The number of ether oxygens (including phenoxy) is 2. The number of carbonyl (C=O) groups is 2. The van der Waals surface area contributed by atoms with E-state index in [1.54, 1.807) is 26.0 Å². The molecule has 1 N–H and O–H groups in total. The van der Waals surface area contributed by atoms with Crippen molar-refractivity contribution in [1.29, 1.82) is 0 Å². The third-order valence-corrected chi connectivity index (χ3v) is 2.06. The molecule has 0 fully saturated rings. The Kier molecular flexibility index (Phi) is 7.18. The zero-order valence-electron chi connectivity index (χ0n) is 10.4. The molecule has 0 aromatic rings. The summed E-state index contributed by atoms with van der Waals surface area (Å²) in [4.78, 5) is 23.5. The molecular formula is C11H15NNaO4. The predicted octanol–water partition coefficient (Wildman–Crippen LogP) is 0.144. The van der Waals surface area contributed by atoms with Gasteiger partial charge in [-0.15, -0.1) is 0 Å². The molecule has 0 saturated heterocycles. The average Bonchev–Trinajstić information content (AvgIpc) is 2.30. The van der Waals surface area contributed by atoms with Crippen LogP contribution < -0.4 is 5.32 Å². The van der Waals surface area contributed by atoms with Gasteiger partial charge in [0.15, 0.2) is 0 Å². The maximum Gasteiger partial charge on any atom is 0.347 e. The largest absolute Gasteiger partial charge is 0.464 e. The van der Waals surface area contributed by atoms with E-state index in [0.717, 1.165) is 0 Å². The Morgan fingerprint density at radius 2 is 1.65 bits per heavy atom. The number of allylic oxidation sites excluding steroid dienone is 2. The minimum atomic E-state index is -1.54. The molecule has 0 aromatic heterocycles. The summed E-state index contributed by atoms with van der Waals surface area (Å²) in [7, 11) is 0. The van der Waals surface area contributed by atoms with Gasteiger partial charge in [0, 0.05) is 29.6 Å².